The molecule has 4 rings (SSSR count). The van der Waals surface area contributed by atoms with Crippen molar-refractivity contribution in [1.82, 2.24) is 0 Å². The SMILES string of the molecule is Cc1cc(=O)oc2cc(OC(C(=O)c3ccccc3)c3ccccc3)ccc12. The van der Waals surface area contributed by atoms with Crippen molar-refractivity contribution in [2.75, 3.05) is 0 Å². The molecule has 0 aliphatic carbocycles. The molecule has 4 aromatic rings. The number of hydrogen-bond donors (Lipinski definition) is 0. The summed E-state index contributed by atoms with van der Waals surface area (Å²) in [5.74, 6) is 0.317. The Morgan fingerprint density at radius 1 is 0.893 bits per heavy atom. The van der Waals surface area contributed by atoms with Gasteiger partial charge in [-0.1, -0.05) is 60.7 Å². The van der Waals surface area contributed by atoms with Gasteiger partial charge in [-0.2, -0.15) is 0 Å². The highest BCUT2D eigenvalue weighted by atomic mass is 16.5. The minimum atomic E-state index is -0.808. The summed E-state index contributed by atoms with van der Waals surface area (Å²) in [6, 6.07) is 25.1. The molecule has 0 fully saturated rings. The second-order valence-electron chi connectivity index (χ2n) is 6.55. The monoisotopic (exact) mass is 370 g/mol. The van der Waals surface area contributed by atoms with Crippen LogP contribution in [-0.2, 0) is 0 Å². The van der Waals surface area contributed by atoms with Gasteiger partial charge < -0.3 is 9.15 Å². The van der Waals surface area contributed by atoms with Gasteiger partial charge in [-0.15, -0.1) is 0 Å². The van der Waals surface area contributed by atoms with Crippen LogP contribution in [0, 0.1) is 6.92 Å². The lowest BCUT2D eigenvalue weighted by Gasteiger charge is -2.19. The van der Waals surface area contributed by atoms with Gasteiger partial charge in [0.1, 0.15) is 11.3 Å². The Labute approximate surface area is 162 Å². The molecule has 4 heteroatoms. The number of carbonyl (C=O) groups excluding carboxylic acids is 1. The fraction of sp³-hybridized carbons (Fsp3) is 0.0833. The van der Waals surface area contributed by atoms with Gasteiger partial charge in [-0.05, 0) is 24.6 Å². The molecule has 3 aromatic carbocycles. The van der Waals surface area contributed by atoms with Crippen LogP contribution in [0.1, 0.15) is 27.6 Å². The topological polar surface area (TPSA) is 56.5 Å². The fourth-order valence-corrected chi connectivity index (χ4v) is 3.17. The number of ether oxygens (including phenoxy) is 1. The van der Waals surface area contributed by atoms with E-state index in [-0.39, 0.29) is 5.78 Å². The summed E-state index contributed by atoms with van der Waals surface area (Å²) in [7, 11) is 0. The molecule has 0 saturated heterocycles. The number of carbonyl (C=O) groups is 1. The second kappa shape index (κ2) is 7.53. The third-order valence-corrected chi connectivity index (χ3v) is 4.58. The van der Waals surface area contributed by atoms with Crippen molar-refractivity contribution in [3.8, 4) is 5.75 Å². The van der Waals surface area contributed by atoms with E-state index in [9.17, 15) is 9.59 Å². The van der Waals surface area contributed by atoms with Gasteiger partial charge in [0.25, 0.3) is 0 Å². The average Bonchev–Trinajstić information content (AvgIpc) is 2.72. The van der Waals surface area contributed by atoms with Crippen LogP contribution in [0.5, 0.6) is 5.75 Å². The molecule has 1 aromatic heterocycles. The molecule has 1 atom stereocenters. The van der Waals surface area contributed by atoms with Crippen molar-refractivity contribution in [3.63, 3.8) is 0 Å². The highest BCUT2D eigenvalue weighted by molar-refractivity contribution is 6.00. The standard InChI is InChI=1S/C24H18O4/c1-16-14-22(25)28-21-15-19(12-13-20(16)21)27-24(18-10-6-3-7-11-18)23(26)17-8-4-2-5-9-17/h2-15,24H,1H3. The van der Waals surface area contributed by atoms with E-state index < -0.39 is 11.7 Å². The van der Waals surface area contributed by atoms with Crippen LogP contribution in [-0.4, -0.2) is 5.78 Å². The van der Waals surface area contributed by atoms with Crippen molar-refractivity contribution < 1.29 is 13.9 Å². The maximum atomic E-state index is 13.1. The first-order chi connectivity index (χ1) is 13.6. The van der Waals surface area contributed by atoms with Gasteiger partial charge in [0.2, 0.25) is 5.78 Å². The molecule has 28 heavy (non-hydrogen) atoms. The predicted octanol–water partition coefficient (Wildman–Crippen LogP) is 5.10. The minimum Gasteiger partial charge on any atom is -0.477 e. The van der Waals surface area contributed by atoms with E-state index in [1.807, 2.05) is 61.5 Å². The van der Waals surface area contributed by atoms with E-state index >= 15 is 0 Å². The first kappa shape index (κ1) is 17.7. The zero-order chi connectivity index (χ0) is 19.5. The summed E-state index contributed by atoms with van der Waals surface area (Å²) >= 11 is 0. The summed E-state index contributed by atoms with van der Waals surface area (Å²) in [6.07, 6.45) is -0.808. The summed E-state index contributed by atoms with van der Waals surface area (Å²) in [4.78, 5) is 24.8. The van der Waals surface area contributed by atoms with Crippen LogP contribution in [0.4, 0.5) is 0 Å². The van der Waals surface area contributed by atoms with Gasteiger partial charge in [-0.3, -0.25) is 4.79 Å². The zero-order valence-electron chi connectivity index (χ0n) is 15.3. The van der Waals surface area contributed by atoms with E-state index in [1.54, 1.807) is 24.3 Å². The lowest BCUT2D eigenvalue weighted by molar-refractivity contribution is 0.0792. The predicted molar refractivity (Wildman–Crippen MR) is 108 cm³/mol. The van der Waals surface area contributed by atoms with Crippen molar-refractivity contribution in [3.05, 3.63) is 112 Å². The molecule has 0 amide bonds. The van der Waals surface area contributed by atoms with Crippen molar-refractivity contribution in [1.29, 1.82) is 0 Å². The maximum Gasteiger partial charge on any atom is 0.336 e. The average molecular weight is 370 g/mol. The first-order valence-electron chi connectivity index (χ1n) is 8.97. The number of aryl methyl sites for hydroxylation is 1. The van der Waals surface area contributed by atoms with E-state index in [2.05, 4.69) is 0 Å². The minimum absolute atomic E-state index is 0.141. The Hall–Kier alpha value is -3.66. The Kier molecular flexibility index (Phi) is 4.77. The lowest BCUT2D eigenvalue weighted by Crippen LogP contribution is -2.19. The molecule has 0 spiro atoms. The molecule has 4 nitrogen and oxygen atoms in total. The van der Waals surface area contributed by atoms with E-state index in [1.165, 1.54) is 6.07 Å². The number of rotatable bonds is 5. The van der Waals surface area contributed by atoms with Gasteiger partial charge in [0, 0.05) is 28.6 Å². The molecule has 0 aliphatic rings. The lowest BCUT2D eigenvalue weighted by atomic mass is 9.99. The van der Waals surface area contributed by atoms with Gasteiger partial charge in [0.15, 0.2) is 6.10 Å². The first-order valence-corrected chi connectivity index (χ1v) is 8.97. The molecule has 0 N–H and O–H groups in total. The number of ketones is 1. The normalized spacial score (nSPS) is 11.9. The van der Waals surface area contributed by atoms with Crippen molar-refractivity contribution in [2.45, 2.75) is 13.0 Å². The van der Waals surface area contributed by atoms with E-state index in [4.69, 9.17) is 9.15 Å². The van der Waals surface area contributed by atoms with Crippen LogP contribution in [0.25, 0.3) is 11.0 Å². The van der Waals surface area contributed by atoms with Crippen molar-refractivity contribution >= 4 is 16.8 Å². The second-order valence-corrected chi connectivity index (χ2v) is 6.55. The molecule has 0 bridgehead atoms. The van der Waals surface area contributed by atoms with Gasteiger partial charge in [0.05, 0.1) is 0 Å². The molecule has 1 unspecified atom stereocenters. The molecule has 138 valence electrons. The van der Waals surface area contributed by atoms with Crippen molar-refractivity contribution in [2.24, 2.45) is 0 Å². The van der Waals surface area contributed by atoms with Crippen LogP contribution in [0.15, 0.2) is 94.1 Å². The maximum absolute atomic E-state index is 13.1. The summed E-state index contributed by atoms with van der Waals surface area (Å²) in [5, 5.41) is 0.831. The smallest absolute Gasteiger partial charge is 0.336 e. The summed E-state index contributed by atoms with van der Waals surface area (Å²) < 4.78 is 11.4. The number of fused-ring (bicyclic) bond motifs is 1. The molecular formula is C24H18O4. The van der Waals surface area contributed by atoms with Crippen LogP contribution >= 0.6 is 0 Å². The number of benzene rings is 3. The zero-order valence-corrected chi connectivity index (χ0v) is 15.3. The van der Waals surface area contributed by atoms with Crippen LogP contribution in [0.2, 0.25) is 0 Å². The Morgan fingerprint density at radius 2 is 1.57 bits per heavy atom. The third-order valence-electron chi connectivity index (χ3n) is 4.58. The molecule has 1 heterocycles. The summed E-state index contributed by atoms with van der Waals surface area (Å²) in [6.45, 7) is 1.85. The third kappa shape index (κ3) is 3.58. The van der Waals surface area contributed by atoms with E-state index in [0.717, 1.165) is 16.5 Å². The number of Topliss-reactive ketones (excluding diaryl/α,β-unsaturated/α-hetero) is 1. The largest absolute Gasteiger partial charge is 0.477 e. The molecule has 0 aliphatic heterocycles. The Morgan fingerprint density at radius 3 is 2.29 bits per heavy atom. The van der Waals surface area contributed by atoms with Gasteiger partial charge >= 0.3 is 5.63 Å². The van der Waals surface area contributed by atoms with Crippen LogP contribution in [0.3, 0.4) is 0 Å². The quantitative estimate of drug-likeness (QED) is 0.362. The highest BCUT2D eigenvalue weighted by Gasteiger charge is 2.24. The Bertz CT molecular complexity index is 1180. The molecule has 0 radical (unpaired) electrons. The number of hydrogen-bond acceptors (Lipinski definition) is 4. The van der Waals surface area contributed by atoms with Crippen LogP contribution < -0.4 is 10.4 Å². The molecule has 0 saturated carbocycles. The molecular weight excluding hydrogens is 352 g/mol. The fourth-order valence-electron chi connectivity index (χ4n) is 3.17. The summed E-state index contributed by atoms with van der Waals surface area (Å²) in [5.41, 5.74) is 2.17. The van der Waals surface area contributed by atoms with E-state index in [0.29, 0.717) is 16.9 Å². The van der Waals surface area contributed by atoms with Gasteiger partial charge in [-0.25, -0.2) is 4.79 Å². The Balaban J connectivity index is 1.75. The highest BCUT2D eigenvalue weighted by Crippen LogP contribution is 2.28.